The van der Waals surface area contributed by atoms with Gasteiger partial charge in [0.15, 0.2) is 0 Å². The van der Waals surface area contributed by atoms with Crippen LogP contribution in [0.3, 0.4) is 0 Å². The maximum atomic E-state index is 12.8. The van der Waals surface area contributed by atoms with Crippen molar-refractivity contribution in [2.45, 2.75) is 30.3 Å². The van der Waals surface area contributed by atoms with Gasteiger partial charge in [0.2, 0.25) is 6.29 Å². The largest absolute Gasteiger partial charge is 0.495 e. The van der Waals surface area contributed by atoms with Crippen molar-refractivity contribution in [1.29, 1.82) is 0 Å². The molecule has 2 atom stereocenters. The van der Waals surface area contributed by atoms with Gasteiger partial charge in [0.05, 0.1) is 42.4 Å². The molecular formula is C20H21NO6S. The van der Waals surface area contributed by atoms with E-state index in [4.69, 9.17) is 14.3 Å². The van der Waals surface area contributed by atoms with Gasteiger partial charge < -0.3 is 19.4 Å². The average molecular weight is 403 g/mol. The third-order valence-electron chi connectivity index (χ3n) is 4.18. The van der Waals surface area contributed by atoms with Crippen LogP contribution >= 0.6 is 0 Å². The zero-order valence-electron chi connectivity index (χ0n) is 15.6. The van der Waals surface area contributed by atoms with Gasteiger partial charge in [0, 0.05) is 10.5 Å². The van der Waals surface area contributed by atoms with Gasteiger partial charge in [-0.25, -0.2) is 4.79 Å². The molecule has 0 radical (unpaired) electrons. The second kappa shape index (κ2) is 8.99. The smallest absolute Gasteiger partial charge is 0.342 e. The Morgan fingerprint density at radius 3 is 2.64 bits per heavy atom. The minimum Gasteiger partial charge on any atom is -0.495 e. The highest BCUT2D eigenvalue weighted by molar-refractivity contribution is 7.84. The average Bonchev–Trinajstić information content (AvgIpc) is 3.14. The minimum atomic E-state index is -1.35. The van der Waals surface area contributed by atoms with Crippen molar-refractivity contribution in [3.8, 4) is 5.75 Å². The fourth-order valence-corrected chi connectivity index (χ4v) is 4.08. The van der Waals surface area contributed by atoms with Crippen molar-refractivity contribution < 1.29 is 28.4 Å². The zero-order chi connectivity index (χ0) is 20.1. The van der Waals surface area contributed by atoms with Gasteiger partial charge in [-0.2, -0.15) is 0 Å². The van der Waals surface area contributed by atoms with Gasteiger partial charge in [0.25, 0.3) is 0 Å². The molecule has 0 saturated heterocycles. The molecule has 8 heteroatoms. The number of aliphatic hydroxyl groups is 1. The molecule has 7 nitrogen and oxygen atoms in total. The van der Waals surface area contributed by atoms with Crippen LogP contribution in [-0.2, 0) is 26.1 Å². The number of ether oxygens (including phenoxy) is 2. The Kier molecular flexibility index (Phi) is 6.43. The molecule has 28 heavy (non-hydrogen) atoms. The second-order valence-corrected chi connectivity index (χ2v) is 7.46. The van der Waals surface area contributed by atoms with Crippen LogP contribution in [0.1, 0.15) is 34.8 Å². The van der Waals surface area contributed by atoms with Crippen LogP contribution in [0.15, 0.2) is 52.5 Å². The maximum absolute atomic E-state index is 12.8. The van der Waals surface area contributed by atoms with E-state index in [1.54, 1.807) is 31.2 Å². The van der Waals surface area contributed by atoms with E-state index in [2.05, 4.69) is 5.16 Å². The summed E-state index contributed by atoms with van der Waals surface area (Å²) in [5.74, 6) is -0.181. The number of esters is 1. The lowest BCUT2D eigenvalue weighted by Crippen LogP contribution is -2.15. The molecule has 0 saturated carbocycles. The molecule has 0 fully saturated rings. The van der Waals surface area contributed by atoms with Crippen molar-refractivity contribution in [2.24, 2.45) is 5.16 Å². The molecule has 0 aromatic heterocycles. The highest BCUT2D eigenvalue weighted by Gasteiger charge is 2.28. The number of benzene rings is 2. The number of hydrogen-bond acceptors (Lipinski definition) is 7. The lowest BCUT2D eigenvalue weighted by atomic mass is 9.98. The number of nitrogens with zero attached hydrogens (tertiary/aromatic N) is 1. The van der Waals surface area contributed by atoms with E-state index in [-0.39, 0.29) is 30.1 Å². The molecule has 3 rings (SSSR count). The fraction of sp³-hybridized carbons (Fsp3) is 0.300. The van der Waals surface area contributed by atoms with Crippen molar-refractivity contribution in [2.75, 3.05) is 13.7 Å². The molecule has 148 valence electrons. The van der Waals surface area contributed by atoms with Gasteiger partial charge >= 0.3 is 5.97 Å². The Hall–Kier alpha value is -2.71. The number of oxime groups is 1. The van der Waals surface area contributed by atoms with Gasteiger partial charge in [-0.15, -0.1) is 0 Å². The Morgan fingerprint density at radius 2 is 2.04 bits per heavy atom. The van der Waals surface area contributed by atoms with E-state index in [1.165, 1.54) is 7.11 Å². The number of hydrogen-bond donors (Lipinski definition) is 1. The first-order valence-corrected chi connectivity index (χ1v) is 10.1. The van der Waals surface area contributed by atoms with Crippen LogP contribution in [-0.4, -0.2) is 41.0 Å². The number of carbonyl (C=O) groups is 1. The zero-order valence-corrected chi connectivity index (χ0v) is 16.4. The molecule has 0 amide bonds. The summed E-state index contributed by atoms with van der Waals surface area (Å²) >= 11 is 0. The summed E-state index contributed by atoms with van der Waals surface area (Å²) in [5, 5.41) is 13.4. The lowest BCUT2D eigenvalue weighted by Gasteiger charge is -2.16. The Balaban J connectivity index is 2.04. The molecule has 1 N–H and O–H groups in total. The van der Waals surface area contributed by atoms with Crippen LogP contribution in [0.2, 0.25) is 0 Å². The highest BCUT2D eigenvalue weighted by Crippen LogP contribution is 2.32. The Morgan fingerprint density at radius 1 is 1.29 bits per heavy atom. The second-order valence-electron chi connectivity index (χ2n) is 6.01. The van der Waals surface area contributed by atoms with Crippen molar-refractivity contribution in [3.63, 3.8) is 0 Å². The minimum absolute atomic E-state index is 0.125. The summed E-state index contributed by atoms with van der Waals surface area (Å²) < 4.78 is 23.5. The van der Waals surface area contributed by atoms with Gasteiger partial charge in [-0.3, -0.25) is 4.21 Å². The van der Waals surface area contributed by atoms with Crippen LogP contribution < -0.4 is 4.74 Å². The van der Waals surface area contributed by atoms with Crippen LogP contribution in [0.25, 0.3) is 0 Å². The third-order valence-corrected chi connectivity index (χ3v) is 5.55. The van der Waals surface area contributed by atoms with Crippen LogP contribution in [0.5, 0.6) is 5.75 Å². The number of rotatable bonds is 7. The quantitative estimate of drug-likeness (QED) is 0.714. The lowest BCUT2D eigenvalue weighted by molar-refractivity contribution is -0.0762. The predicted molar refractivity (Wildman–Crippen MR) is 104 cm³/mol. The monoisotopic (exact) mass is 403 g/mol. The summed E-state index contributed by atoms with van der Waals surface area (Å²) in [7, 11) is 0.0889. The first-order valence-electron chi connectivity index (χ1n) is 8.76. The number of methoxy groups -OCH3 is 1. The molecule has 1 aliphatic heterocycles. The Bertz CT molecular complexity index is 912. The molecule has 1 aliphatic rings. The van der Waals surface area contributed by atoms with Crippen molar-refractivity contribution in [1.82, 2.24) is 0 Å². The summed E-state index contributed by atoms with van der Waals surface area (Å²) in [5.41, 5.74) is 1.73. The molecule has 2 aromatic rings. The molecule has 0 bridgehead atoms. The molecule has 0 spiro atoms. The standard InChI is InChI=1S/C20H21NO6S/c1-3-26-20(23)18-13(12-28(24)14-7-5-4-6-8-14)9-10-15(19(18)25-2)16-11-17(22)27-21-16/h4-10,17,22H,3,11-12H2,1-2H3. The molecule has 1 heterocycles. The van der Waals surface area contributed by atoms with E-state index in [9.17, 15) is 14.1 Å². The maximum Gasteiger partial charge on any atom is 0.342 e. The summed E-state index contributed by atoms with van der Waals surface area (Å²) in [6.07, 6.45) is -0.857. The third kappa shape index (κ3) is 4.23. The summed E-state index contributed by atoms with van der Waals surface area (Å²) in [6, 6.07) is 12.5. The topological polar surface area (TPSA) is 94.4 Å². The van der Waals surface area contributed by atoms with Crippen LogP contribution in [0.4, 0.5) is 0 Å². The predicted octanol–water partition coefficient (Wildman–Crippen LogP) is 2.62. The normalized spacial score (nSPS) is 16.8. The number of carbonyl (C=O) groups excluding carboxylic acids is 1. The van der Waals surface area contributed by atoms with Crippen molar-refractivity contribution >= 4 is 22.5 Å². The summed E-state index contributed by atoms with van der Waals surface area (Å²) in [4.78, 5) is 18.2. The van der Waals surface area contributed by atoms with E-state index >= 15 is 0 Å². The van der Waals surface area contributed by atoms with E-state index < -0.39 is 23.1 Å². The van der Waals surface area contributed by atoms with Gasteiger partial charge in [-0.05, 0) is 30.7 Å². The fourth-order valence-electron chi connectivity index (χ4n) is 2.93. The summed E-state index contributed by atoms with van der Waals surface area (Å²) in [6.45, 7) is 1.90. The molecule has 0 aliphatic carbocycles. The first kappa shape index (κ1) is 20.0. The molecule has 2 aromatic carbocycles. The van der Waals surface area contributed by atoms with E-state index in [0.29, 0.717) is 21.7 Å². The molecular weight excluding hydrogens is 382 g/mol. The highest BCUT2D eigenvalue weighted by atomic mass is 32.2. The van der Waals surface area contributed by atoms with Crippen LogP contribution in [0, 0.1) is 0 Å². The van der Waals surface area contributed by atoms with Crippen molar-refractivity contribution in [3.05, 3.63) is 59.2 Å². The first-order chi connectivity index (χ1) is 13.5. The molecule has 2 unspecified atom stereocenters. The van der Waals surface area contributed by atoms with Gasteiger partial charge in [-0.1, -0.05) is 29.4 Å². The van der Waals surface area contributed by atoms with E-state index in [0.717, 1.165) is 0 Å². The van der Waals surface area contributed by atoms with E-state index in [1.807, 2.05) is 18.2 Å². The number of aliphatic hydroxyl groups excluding tert-OH is 1. The SMILES string of the molecule is CCOC(=O)c1c(CS(=O)c2ccccc2)ccc(C2=NOC(O)C2)c1OC. The van der Waals surface area contributed by atoms with Gasteiger partial charge in [0.1, 0.15) is 11.3 Å². The Labute approximate surface area is 165 Å².